The minimum Gasteiger partial charge on any atom is -0.496 e. The second-order valence-electron chi connectivity index (χ2n) is 6.23. The van der Waals surface area contributed by atoms with Crippen molar-refractivity contribution in [3.05, 3.63) is 104 Å². The van der Waals surface area contributed by atoms with Gasteiger partial charge in [0.15, 0.2) is 0 Å². The molecule has 3 aromatic rings. The molecule has 148 valence electrons. The minimum absolute atomic E-state index is 0.165. The lowest BCUT2D eigenvalue weighted by Crippen LogP contribution is -2.53. The molecule has 0 saturated carbocycles. The highest BCUT2D eigenvalue weighted by Gasteiger charge is 2.07. The number of para-hydroxylation sites is 2. The van der Waals surface area contributed by atoms with Crippen molar-refractivity contribution in [1.29, 1.82) is 0 Å². The fourth-order valence-corrected chi connectivity index (χ4v) is 3.04. The molecule has 3 rings (SSSR count). The third-order valence-corrected chi connectivity index (χ3v) is 4.43. The van der Waals surface area contributed by atoms with E-state index in [-0.39, 0.29) is 22.8 Å². The number of rotatable bonds is 6. The molecule has 0 aliphatic rings. The van der Waals surface area contributed by atoms with Crippen LogP contribution in [0.2, 0.25) is 0 Å². The third-order valence-electron chi connectivity index (χ3n) is 4.43. The fourth-order valence-electron chi connectivity index (χ4n) is 3.04. The van der Waals surface area contributed by atoms with Crippen LogP contribution in [0.5, 0.6) is 11.5 Å². The number of methoxy groups -OCH3 is 2. The molecule has 1 aromatic heterocycles. The number of hydrogen-bond acceptors (Lipinski definition) is 4. The van der Waals surface area contributed by atoms with Gasteiger partial charge in [0.25, 0.3) is 11.1 Å². The second-order valence-corrected chi connectivity index (χ2v) is 6.23. The SMILES string of the molecule is C=CCn1c(=O)/c(=C\c2ccccc2OC)[nH]c(=O)/c1=C\c1ccccc1OC. The first kappa shape index (κ1) is 19.9. The van der Waals surface area contributed by atoms with Crippen LogP contribution >= 0.6 is 0 Å². The van der Waals surface area contributed by atoms with Gasteiger partial charge in [-0.2, -0.15) is 0 Å². The van der Waals surface area contributed by atoms with E-state index in [9.17, 15) is 9.59 Å². The van der Waals surface area contributed by atoms with Crippen LogP contribution in [-0.2, 0) is 6.54 Å². The monoisotopic (exact) mass is 390 g/mol. The summed E-state index contributed by atoms with van der Waals surface area (Å²) in [5, 5.41) is 0.384. The zero-order valence-electron chi connectivity index (χ0n) is 16.3. The lowest BCUT2D eigenvalue weighted by molar-refractivity contribution is 0.413. The molecule has 6 heteroatoms. The second kappa shape index (κ2) is 8.93. The van der Waals surface area contributed by atoms with Gasteiger partial charge in [0, 0.05) is 17.7 Å². The first-order chi connectivity index (χ1) is 14.1. The Morgan fingerprint density at radius 2 is 1.48 bits per heavy atom. The molecule has 0 atom stereocenters. The van der Waals surface area contributed by atoms with Gasteiger partial charge in [-0.3, -0.25) is 14.2 Å². The molecule has 0 aliphatic carbocycles. The molecule has 0 fully saturated rings. The Kier molecular flexibility index (Phi) is 6.14. The van der Waals surface area contributed by atoms with Crippen LogP contribution in [0, 0.1) is 0 Å². The third kappa shape index (κ3) is 4.21. The first-order valence-corrected chi connectivity index (χ1v) is 9.02. The number of aromatic nitrogens is 2. The molecule has 0 unspecified atom stereocenters. The van der Waals surface area contributed by atoms with E-state index in [1.54, 1.807) is 44.6 Å². The zero-order valence-corrected chi connectivity index (χ0v) is 16.3. The molecule has 0 spiro atoms. The summed E-state index contributed by atoms with van der Waals surface area (Å²) in [5.41, 5.74) is 0.656. The molecule has 6 nitrogen and oxygen atoms in total. The maximum Gasteiger partial charge on any atom is 0.275 e. The maximum atomic E-state index is 13.1. The van der Waals surface area contributed by atoms with Crippen molar-refractivity contribution in [1.82, 2.24) is 9.55 Å². The van der Waals surface area contributed by atoms with Crippen LogP contribution in [0.15, 0.2) is 70.8 Å². The van der Waals surface area contributed by atoms with Gasteiger partial charge >= 0.3 is 0 Å². The highest BCUT2D eigenvalue weighted by atomic mass is 16.5. The summed E-state index contributed by atoms with van der Waals surface area (Å²) >= 11 is 0. The van der Waals surface area contributed by atoms with Crippen molar-refractivity contribution in [2.45, 2.75) is 6.54 Å². The molecule has 0 radical (unpaired) electrons. The topological polar surface area (TPSA) is 73.3 Å². The molecule has 29 heavy (non-hydrogen) atoms. The predicted octanol–water partition coefficient (Wildman–Crippen LogP) is 1.40. The number of nitrogens with one attached hydrogen (secondary N) is 1. The summed E-state index contributed by atoms with van der Waals surface area (Å²) in [5.74, 6) is 1.21. The van der Waals surface area contributed by atoms with Gasteiger partial charge in [-0.05, 0) is 24.3 Å². The molecule has 1 N–H and O–H groups in total. The van der Waals surface area contributed by atoms with E-state index in [1.807, 2.05) is 36.4 Å². The van der Waals surface area contributed by atoms with Gasteiger partial charge in [-0.15, -0.1) is 6.58 Å². The van der Waals surface area contributed by atoms with Crippen LogP contribution in [0.4, 0.5) is 0 Å². The number of benzene rings is 2. The highest BCUT2D eigenvalue weighted by molar-refractivity contribution is 5.57. The van der Waals surface area contributed by atoms with Crippen molar-refractivity contribution in [2.24, 2.45) is 0 Å². The Hall–Kier alpha value is -3.80. The number of ether oxygens (including phenoxy) is 2. The lowest BCUT2D eigenvalue weighted by Gasteiger charge is -2.07. The molecule has 0 amide bonds. The average Bonchev–Trinajstić information content (AvgIpc) is 2.74. The number of hydrogen-bond donors (Lipinski definition) is 1. The number of H-pyrrole nitrogens is 1. The Labute approximate surface area is 167 Å². The van der Waals surface area contributed by atoms with Crippen LogP contribution in [0.1, 0.15) is 11.1 Å². The predicted molar refractivity (Wildman–Crippen MR) is 114 cm³/mol. The lowest BCUT2D eigenvalue weighted by atomic mass is 10.2. The van der Waals surface area contributed by atoms with E-state index < -0.39 is 5.56 Å². The summed E-state index contributed by atoms with van der Waals surface area (Å²) in [6.45, 7) is 3.90. The van der Waals surface area contributed by atoms with E-state index in [4.69, 9.17) is 9.47 Å². The van der Waals surface area contributed by atoms with Crippen LogP contribution < -0.4 is 31.3 Å². The molecule has 1 heterocycles. The molecule has 0 bridgehead atoms. The van der Waals surface area contributed by atoms with E-state index in [0.717, 1.165) is 0 Å². The number of aromatic amines is 1. The molecule has 2 aromatic carbocycles. The summed E-state index contributed by atoms with van der Waals surface area (Å²) in [7, 11) is 3.11. The van der Waals surface area contributed by atoms with Crippen LogP contribution in [0.3, 0.4) is 0 Å². The normalized spacial score (nSPS) is 12.1. The summed E-state index contributed by atoms with van der Waals surface area (Å²) in [6.07, 6.45) is 4.82. The van der Waals surface area contributed by atoms with Crippen molar-refractivity contribution < 1.29 is 9.47 Å². The summed E-state index contributed by atoms with van der Waals surface area (Å²) < 4.78 is 12.1. The Morgan fingerprint density at radius 1 is 0.931 bits per heavy atom. The average molecular weight is 390 g/mol. The zero-order chi connectivity index (χ0) is 20.8. The van der Waals surface area contributed by atoms with Crippen LogP contribution in [-0.4, -0.2) is 23.8 Å². The summed E-state index contributed by atoms with van der Waals surface area (Å²) in [4.78, 5) is 28.7. The Bertz CT molecular complexity index is 1270. The fraction of sp³-hybridized carbons (Fsp3) is 0.130. The molecule has 0 aliphatic heterocycles. The summed E-state index contributed by atoms with van der Waals surface area (Å²) in [6, 6.07) is 14.5. The quantitative estimate of drug-likeness (QED) is 0.646. The van der Waals surface area contributed by atoms with E-state index in [2.05, 4.69) is 11.6 Å². The van der Waals surface area contributed by atoms with Gasteiger partial charge in [-0.25, -0.2) is 0 Å². The number of nitrogens with zero attached hydrogens (tertiary/aromatic N) is 1. The molecular formula is C23H22N2O4. The first-order valence-electron chi connectivity index (χ1n) is 9.02. The van der Waals surface area contributed by atoms with E-state index in [0.29, 0.717) is 22.6 Å². The number of allylic oxidation sites excluding steroid dienone is 1. The minimum atomic E-state index is -0.390. The maximum absolute atomic E-state index is 13.1. The van der Waals surface area contributed by atoms with Gasteiger partial charge < -0.3 is 14.5 Å². The van der Waals surface area contributed by atoms with Gasteiger partial charge in [0.05, 0.1) is 14.2 Å². The molecule has 0 saturated heterocycles. The van der Waals surface area contributed by atoms with Gasteiger partial charge in [-0.1, -0.05) is 42.5 Å². The van der Waals surface area contributed by atoms with Crippen molar-refractivity contribution >= 4 is 12.2 Å². The smallest absolute Gasteiger partial charge is 0.275 e. The van der Waals surface area contributed by atoms with Gasteiger partial charge in [0.1, 0.15) is 22.2 Å². The van der Waals surface area contributed by atoms with E-state index in [1.165, 1.54) is 4.57 Å². The standard InChI is InChI=1S/C23H22N2O4/c1-4-13-25-19(15-17-10-6-8-12-21(17)29-3)22(26)24-18(23(25)27)14-16-9-5-7-11-20(16)28-2/h4-12,14-15H,1,13H2,2-3H3,(H,24,26)/b18-14+,19-15+. The van der Waals surface area contributed by atoms with Crippen LogP contribution in [0.25, 0.3) is 12.2 Å². The Balaban J connectivity index is 2.32. The highest BCUT2D eigenvalue weighted by Crippen LogP contribution is 2.18. The van der Waals surface area contributed by atoms with Crippen molar-refractivity contribution in [3.63, 3.8) is 0 Å². The van der Waals surface area contributed by atoms with Gasteiger partial charge in [0.2, 0.25) is 0 Å². The van der Waals surface area contributed by atoms with Crippen molar-refractivity contribution in [3.8, 4) is 11.5 Å². The largest absolute Gasteiger partial charge is 0.496 e. The Morgan fingerprint density at radius 3 is 2.03 bits per heavy atom. The van der Waals surface area contributed by atoms with Crippen molar-refractivity contribution in [2.75, 3.05) is 14.2 Å². The van der Waals surface area contributed by atoms with E-state index >= 15 is 0 Å². The molecular weight excluding hydrogens is 368 g/mol.